The number of carbonyl (C=O) groups excluding carboxylic acids is 1. The van der Waals surface area contributed by atoms with Gasteiger partial charge in [-0.05, 0) is 18.4 Å². The second-order valence-electron chi connectivity index (χ2n) is 7.52. The third-order valence-corrected chi connectivity index (χ3v) is 6.16. The van der Waals surface area contributed by atoms with Crippen LogP contribution in [0.3, 0.4) is 0 Å². The van der Waals surface area contributed by atoms with E-state index in [-0.39, 0.29) is 11.4 Å². The molecule has 2 aliphatic heterocycles. The number of aromatic nitrogens is 2. The summed E-state index contributed by atoms with van der Waals surface area (Å²) in [7, 11) is 3.96. The molecule has 2 aromatic rings. The second kappa shape index (κ2) is 6.30. The highest BCUT2D eigenvalue weighted by Crippen LogP contribution is 2.48. The Morgan fingerprint density at radius 3 is 2.52 bits per heavy atom. The first-order valence-electron chi connectivity index (χ1n) is 9.10. The molecule has 0 radical (unpaired) electrons. The summed E-state index contributed by atoms with van der Waals surface area (Å²) < 4.78 is 1.86. The zero-order valence-corrected chi connectivity index (χ0v) is 15.1. The number of piperidine rings is 1. The van der Waals surface area contributed by atoms with Crippen LogP contribution in [0, 0.1) is 0 Å². The lowest BCUT2D eigenvalue weighted by Gasteiger charge is -2.46. The Balaban J connectivity index is 1.51. The van der Waals surface area contributed by atoms with Crippen molar-refractivity contribution in [2.24, 2.45) is 7.05 Å². The minimum absolute atomic E-state index is 0.0239. The lowest BCUT2D eigenvalue weighted by molar-refractivity contribution is -0.130. The molecule has 3 heterocycles. The van der Waals surface area contributed by atoms with Crippen LogP contribution in [0.2, 0.25) is 0 Å². The van der Waals surface area contributed by atoms with Gasteiger partial charge in [0.1, 0.15) is 0 Å². The van der Waals surface area contributed by atoms with Crippen molar-refractivity contribution in [3.63, 3.8) is 0 Å². The van der Waals surface area contributed by atoms with Crippen LogP contribution in [0.5, 0.6) is 0 Å². The summed E-state index contributed by atoms with van der Waals surface area (Å²) in [5.74, 6) is 0.598. The molecule has 1 aromatic carbocycles. The van der Waals surface area contributed by atoms with Crippen molar-refractivity contribution in [2.45, 2.75) is 37.3 Å². The van der Waals surface area contributed by atoms with Gasteiger partial charge in [0.05, 0.1) is 11.7 Å². The molecule has 1 aromatic heterocycles. The predicted octanol–water partition coefficient (Wildman–Crippen LogP) is 2.40. The van der Waals surface area contributed by atoms with Gasteiger partial charge in [-0.2, -0.15) is 5.10 Å². The van der Waals surface area contributed by atoms with Gasteiger partial charge in [0.2, 0.25) is 5.91 Å². The van der Waals surface area contributed by atoms with Gasteiger partial charge in [0.15, 0.2) is 0 Å². The van der Waals surface area contributed by atoms with E-state index < -0.39 is 0 Å². The van der Waals surface area contributed by atoms with Crippen molar-refractivity contribution in [2.75, 3.05) is 20.1 Å². The molecule has 1 spiro atoms. The largest absolute Gasteiger partial charge is 0.339 e. The highest BCUT2D eigenvalue weighted by molar-refractivity contribution is 5.81. The normalized spacial score (nSPS) is 23.5. The van der Waals surface area contributed by atoms with E-state index in [0.29, 0.717) is 12.3 Å². The molecule has 4 rings (SSSR count). The molecule has 2 fully saturated rings. The van der Waals surface area contributed by atoms with Crippen molar-refractivity contribution in [3.05, 3.63) is 53.9 Å². The maximum Gasteiger partial charge on any atom is 0.223 e. The molecule has 2 saturated heterocycles. The fourth-order valence-electron chi connectivity index (χ4n) is 4.69. The summed E-state index contributed by atoms with van der Waals surface area (Å²) in [5.41, 5.74) is 2.54. The summed E-state index contributed by atoms with van der Waals surface area (Å²) in [4.78, 5) is 17.0. The molecule has 2 aliphatic rings. The quantitative estimate of drug-likeness (QED) is 0.863. The first kappa shape index (κ1) is 16.3. The number of carbonyl (C=O) groups is 1. The van der Waals surface area contributed by atoms with Gasteiger partial charge >= 0.3 is 0 Å². The van der Waals surface area contributed by atoms with Crippen LogP contribution in [-0.4, -0.2) is 51.2 Å². The second-order valence-corrected chi connectivity index (χ2v) is 7.52. The lowest BCUT2D eigenvalue weighted by Crippen LogP contribution is -2.53. The molecule has 5 heteroatoms. The average Bonchev–Trinajstić information content (AvgIpc) is 3.14. The third-order valence-electron chi connectivity index (χ3n) is 6.16. The Morgan fingerprint density at radius 1 is 1.16 bits per heavy atom. The zero-order chi connectivity index (χ0) is 17.4. The number of hydrogen-bond acceptors (Lipinski definition) is 3. The minimum Gasteiger partial charge on any atom is -0.339 e. The first-order chi connectivity index (χ1) is 12.1. The van der Waals surface area contributed by atoms with Gasteiger partial charge in [0, 0.05) is 57.8 Å². The van der Waals surface area contributed by atoms with E-state index in [1.165, 1.54) is 11.1 Å². The zero-order valence-electron chi connectivity index (χ0n) is 15.1. The van der Waals surface area contributed by atoms with Gasteiger partial charge < -0.3 is 4.90 Å². The third kappa shape index (κ3) is 2.86. The van der Waals surface area contributed by atoms with Crippen molar-refractivity contribution in [1.82, 2.24) is 19.6 Å². The standard InChI is InChI=1S/C20H26N4O/c1-22-14-16(13-21-22)15-24-10-8-20(9-11-24)18(12-19(25)23(20)2)17-6-4-3-5-7-17/h3-7,13-14,18H,8-12,15H2,1-2H3. The molecule has 1 unspecified atom stereocenters. The molecular formula is C20H26N4O. The number of likely N-dealkylation sites (N-methyl/N-ethyl adjacent to an activating group) is 1. The van der Waals surface area contributed by atoms with Gasteiger partial charge in [0.25, 0.3) is 0 Å². The van der Waals surface area contributed by atoms with Crippen molar-refractivity contribution in [3.8, 4) is 0 Å². The number of likely N-dealkylation sites (tertiary alicyclic amines) is 2. The van der Waals surface area contributed by atoms with E-state index in [0.717, 1.165) is 32.5 Å². The highest BCUT2D eigenvalue weighted by atomic mass is 16.2. The number of amides is 1. The summed E-state index contributed by atoms with van der Waals surface area (Å²) in [6.45, 7) is 2.99. The molecular weight excluding hydrogens is 312 g/mol. The fraction of sp³-hybridized carbons (Fsp3) is 0.500. The summed E-state index contributed by atoms with van der Waals surface area (Å²) in [6, 6.07) is 10.6. The van der Waals surface area contributed by atoms with E-state index in [2.05, 4.69) is 40.5 Å². The van der Waals surface area contributed by atoms with E-state index in [4.69, 9.17) is 0 Å². The summed E-state index contributed by atoms with van der Waals surface area (Å²) >= 11 is 0. The Morgan fingerprint density at radius 2 is 1.88 bits per heavy atom. The van der Waals surface area contributed by atoms with Crippen LogP contribution in [0.15, 0.2) is 42.7 Å². The molecule has 0 bridgehead atoms. The molecule has 0 N–H and O–H groups in total. The maximum absolute atomic E-state index is 12.5. The van der Waals surface area contributed by atoms with Crippen LogP contribution in [0.1, 0.15) is 36.3 Å². The van der Waals surface area contributed by atoms with Crippen molar-refractivity contribution in [1.29, 1.82) is 0 Å². The topological polar surface area (TPSA) is 41.4 Å². The first-order valence-corrected chi connectivity index (χ1v) is 9.10. The molecule has 1 amide bonds. The number of hydrogen-bond donors (Lipinski definition) is 0. The van der Waals surface area contributed by atoms with Crippen LogP contribution in [0.25, 0.3) is 0 Å². The van der Waals surface area contributed by atoms with E-state index in [1.54, 1.807) is 0 Å². The molecule has 25 heavy (non-hydrogen) atoms. The highest BCUT2D eigenvalue weighted by Gasteiger charge is 2.52. The molecule has 132 valence electrons. The van der Waals surface area contributed by atoms with Crippen LogP contribution in [-0.2, 0) is 18.4 Å². The van der Waals surface area contributed by atoms with E-state index >= 15 is 0 Å². The van der Waals surface area contributed by atoms with Crippen molar-refractivity contribution >= 4 is 5.91 Å². The predicted molar refractivity (Wildman–Crippen MR) is 97.0 cm³/mol. The monoisotopic (exact) mass is 338 g/mol. The molecule has 5 nitrogen and oxygen atoms in total. The molecule has 1 atom stereocenters. The minimum atomic E-state index is -0.0239. The SMILES string of the molecule is CN1C(=O)CC(c2ccccc2)C12CCN(Cc1cnn(C)c1)CC2. The maximum atomic E-state index is 12.5. The van der Waals surface area contributed by atoms with Gasteiger partial charge in [-0.1, -0.05) is 30.3 Å². The average molecular weight is 338 g/mol. The number of aryl methyl sites for hydroxylation is 1. The van der Waals surface area contributed by atoms with E-state index in [9.17, 15) is 4.79 Å². The van der Waals surface area contributed by atoms with Crippen molar-refractivity contribution < 1.29 is 4.79 Å². The molecule has 0 saturated carbocycles. The lowest BCUT2D eigenvalue weighted by atomic mass is 9.73. The Kier molecular flexibility index (Phi) is 4.12. The molecule has 0 aliphatic carbocycles. The number of rotatable bonds is 3. The van der Waals surface area contributed by atoms with Gasteiger partial charge in [-0.25, -0.2) is 0 Å². The van der Waals surface area contributed by atoms with Crippen LogP contribution >= 0.6 is 0 Å². The summed E-state index contributed by atoms with van der Waals surface area (Å²) in [6.07, 6.45) is 6.75. The summed E-state index contributed by atoms with van der Waals surface area (Å²) in [5, 5.41) is 4.26. The van der Waals surface area contributed by atoms with E-state index in [1.807, 2.05) is 35.9 Å². The van der Waals surface area contributed by atoms with Gasteiger partial charge in [-0.3, -0.25) is 14.4 Å². The van der Waals surface area contributed by atoms with Crippen LogP contribution in [0.4, 0.5) is 0 Å². The smallest absolute Gasteiger partial charge is 0.223 e. The number of nitrogens with zero attached hydrogens (tertiary/aromatic N) is 4. The number of benzene rings is 1. The Labute approximate surface area is 149 Å². The Bertz CT molecular complexity index is 746. The fourth-order valence-corrected chi connectivity index (χ4v) is 4.69. The van der Waals surface area contributed by atoms with Crippen LogP contribution < -0.4 is 0 Å². The Hall–Kier alpha value is -2.14. The van der Waals surface area contributed by atoms with Gasteiger partial charge in [-0.15, -0.1) is 0 Å².